The van der Waals surface area contributed by atoms with Crippen LogP contribution in [0.4, 0.5) is 0 Å². The van der Waals surface area contributed by atoms with E-state index in [2.05, 4.69) is 28.6 Å². The molecule has 0 bridgehead atoms. The summed E-state index contributed by atoms with van der Waals surface area (Å²) in [6.07, 6.45) is 6.51. The van der Waals surface area contributed by atoms with Crippen molar-refractivity contribution < 1.29 is 0 Å². The van der Waals surface area contributed by atoms with Gasteiger partial charge in [0, 0.05) is 18.9 Å². The monoisotopic (exact) mass is 222 g/mol. The first-order chi connectivity index (χ1) is 7.74. The zero-order valence-electron chi connectivity index (χ0n) is 10.3. The lowest BCUT2D eigenvalue weighted by Crippen LogP contribution is -2.30. The second kappa shape index (κ2) is 4.95. The summed E-state index contributed by atoms with van der Waals surface area (Å²) in [7, 11) is 0. The third-order valence-electron chi connectivity index (χ3n) is 3.41. The van der Waals surface area contributed by atoms with Crippen LogP contribution in [0.15, 0.2) is 0 Å². The maximum Gasteiger partial charge on any atom is 0.150 e. The molecule has 2 N–H and O–H groups in total. The summed E-state index contributed by atoms with van der Waals surface area (Å²) < 4.78 is 2.14. The SMILES string of the molecule is CCc1nc(CC)n(C2CCCC(N)C2)n1. The second-order valence-corrected chi connectivity index (χ2v) is 4.68. The Kier molecular flexibility index (Phi) is 3.59. The number of nitrogens with zero attached hydrogens (tertiary/aromatic N) is 3. The highest BCUT2D eigenvalue weighted by atomic mass is 15.4. The molecule has 16 heavy (non-hydrogen) atoms. The molecule has 0 radical (unpaired) electrons. The molecular formula is C12H22N4. The van der Waals surface area contributed by atoms with Crippen LogP contribution in [0, 0.1) is 0 Å². The number of hydrogen-bond donors (Lipinski definition) is 1. The molecule has 90 valence electrons. The van der Waals surface area contributed by atoms with Gasteiger partial charge in [0.2, 0.25) is 0 Å². The van der Waals surface area contributed by atoms with E-state index < -0.39 is 0 Å². The van der Waals surface area contributed by atoms with E-state index in [0.717, 1.165) is 37.3 Å². The lowest BCUT2D eigenvalue weighted by Gasteiger charge is -2.27. The molecule has 2 unspecified atom stereocenters. The number of hydrogen-bond acceptors (Lipinski definition) is 3. The molecule has 0 amide bonds. The van der Waals surface area contributed by atoms with Crippen LogP contribution in [0.3, 0.4) is 0 Å². The predicted octanol–water partition coefficient (Wildman–Crippen LogP) is 1.85. The highest BCUT2D eigenvalue weighted by Crippen LogP contribution is 2.28. The minimum absolute atomic E-state index is 0.345. The lowest BCUT2D eigenvalue weighted by molar-refractivity contribution is 0.293. The summed E-state index contributed by atoms with van der Waals surface area (Å²) in [5.41, 5.74) is 6.03. The molecule has 1 aromatic heterocycles. The molecule has 1 aliphatic carbocycles. The Hall–Kier alpha value is -0.900. The molecule has 0 aliphatic heterocycles. The Bertz CT molecular complexity index is 345. The number of rotatable bonds is 3. The Labute approximate surface area is 97.2 Å². The molecule has 1 heterocycles. The van der Waals surface area contributed by atoms with E-state index in [1.54, 1.807) is 0 Å². The van der Waals surface area contributed by atoms with Gasteiger partial charge >= 0.3 is 0 Å². The van der Waals surface area contributed by atoms with Gasteiger partial charge in [-0.25, -0.2) is 9.67 Å². The van der Waals surface area contributed by atoms with E-state index in [0.29, 0.717) is 12.1 Å². The minimum atomic E-state index is 0.345. The van der Waals surface area contributed by atoms with Crippen molar-refractivity contribution in [2.75, 3.05) is 0 Å². The molecule has 1 aromatic rings. The fourth-order valence-corrected chi connectivity index (χ4v) is 2.51. The Morgan fingerprint density at radius 3 is 2.75 bits per heavy atom. The van der Waals surface area contributed by atoms with Crippen LogP contribution in [0.25, 0.3) is 0 Å². The molecule has 2 rings (SSSR count). The third kappa shape index (κ3) is 2.26. The van der Waals surface area contributed by atoms with Crippen molar-refractivity contribution >= 4 is 0 Å². The van der Waals surface area contributed by atoms with Gasteiger partial charge in [0.1, 0.15) is 5.82 Å². The Balaban J connectivity index is 2.20. The topological polar surface area (TPSA) is 56.7 Å². The van der Waals surface area contributed by atoms with Gasteiger partial charge in [-0.1, -0.05) is 13.8 Å². The first-order valence-corrected chi connectivity index (χ1v) is 6.44. The van der Waals surface area contributed by atoms with Crippen molar-refractivity contribution in [2.45, 2.75) is 64.5 Å². The molecule has 0 spiro atoms. The molecule has 1 saturated carbocycles. The predicted molar refractivity (Wildman–Crippen MR) is 64.3 cm³/mol. The van der Waals surface area contributed by atoms with Gasteiger partial charge < -0.3 is 5.73 Å². The Morgan fingerprint density at radius 2 is 2.12 bits per heavy atom. The van der Waals surface area contributed by atoms with Crippen molar-refractivity contribution in [2.24, 2.45) is 5.73 Å². The maximum absolute atomic E-state index is 6.03. The second-order valence-electron chi connectivity index (χ2n) is 4.68. The number of nitrogens with two attached hydrogens (primary N) is 1. The zero-order valence-corrected chi connectivity index (χ0v) is 10.3. The van der Waals surface area contributed by atoms with Gasteiger partial charge in [-0.05, 0) is 25.7 Å². The summed E-state index contributed by atoms with van der Waals surface area (Å²) in [6, 6.07) is 0.823. The summed E-state index contributed by atoms with van der Waals surface area (Å²) in [6.45, 7) is 4.24. The average molecular weight is 222 g/mol. The normalized spacial score (nSPS) is 25.9. The number of aromatic nitrogens is 3. The molecule has 1 aliphatic rings. The van der Waals surface area contributed by atoms with Gasteiger partial charge in [-0.15, -0.1) is 0 Å². The molecule has 4 nitrogen and oxygen atoms in total. The van der Waals surface area contributed by atoms with E-state index in [9.17, 15) is 0 Å². The van der Waals surface area contributed by atoms with Crippen LogP contribution in [-0.2, 0) is 12.8 Å². The van der Waals surface area contributed by atoms with Gasteiger partial charge in [0.25, 0.3) is 0 Å². The van der Waals surface area contributed by atoms with E-state index in [-0.39, 0.29) is 0 Å². The first kappa shape index (κ1) is 11.6. The third-order valence-corrected chi connectivity index (χ3v) is 3.41. The van der Waals surface area contributed by atoms with Gasteiger partial charge in [-0.2, -0.15) is 5.10 Å². The molecular weight excluding hydrogens is 200 g/mol. The van der Waals surface area contributed by atoms with Crippen molar-refractivity contribution in [1.82, 2.24) is 14.8 Å². The molecule has 1 fully saturated rings. The van der Waals surface area contributed by atoms with E-state index in [4.69, 9.17) is 5.73 Å². The van der Waals surface area contributed by atoms with Gasteiger partial charge in [0.05, 0.1) is 6.04 Å². The summed E-state index contributed by atoms with van der Waals surface area (Å²) in [5.74, 6) is 2.09. The van der Waals surface area contributed by atoms with E-state index in [1.165, 1.54) is 12.8 Å². The smallest absolute Gasteiger partial charge is 0.150 e. The molecule has 4 heteroatoms. The summed E-state index contributed by atoms with van der Waals surface area (Å²) in [4.78, 5) is 4.56. The summed E-state index contributed by atoms with van der Waals surface area (Å²) >= 11 is 0. The van der Waals surface area contributed by atoms with E-state index in [1.807, 2.05) is 0 Å². The largest absolute Gasteiger partial charge is 0.328 e. The van der Waals surface area contributed by atoms with Crippen LogP contribution in [0.2, 0.25) is 0 Å². The zero-order chi connectivity index (χ0) is 11.5. The van der Waals surface area contributed by atoms with Crippen LogP contribution >= 0.6 is 0 Å². The highest BCUT2D eigenvalue weighted by molar-refractivity contribution is 4.96. The lowest BCUT2D eigenvalue weighted by atomic mass is 9.92. The molecule has 0 aromatic carbocycles. The highest BCUT2D eigenvalue weighted by Gasteiger charge is 2.23. The fraction of sp³-hybridized carbons (Fsp3) is 0.833. The standard InChI is InChI=1S/C12H22N4/c1-3-11-14-12(4-2)16(15-11)10-7-5-6-9(13)8-10/h9-10H,3-8,13H2,1-2H3. The van der Waals surface area contributed by atoms with Gasteiger partial charge in [-0.3, -0.25) is 0 Å². The minimum Gasteiger partial charge on any atom is -0.328 e. The Morgan fingerprint density at radius 1 is 1.31 bits per heavy atom. The van der Waals surface area contributed by atoms with Crippen LogP contribution < -0.4 is 5.73 Å². The number of aryl methyl sites for hydroxylation is 2. The van der Waals surface area contributed by atoms with Crippen molar-refractivity contribution in [1.29, 1.82) is 0 Å². The van der Waals surface area contributed by atoms with Crippen LogP contribution in [0.1, 0.15) is 57.2 Å². The average Bonchev–Trinajstić information content (AvgIpc) is 2.72. The van der Waals surface area contributed by atoms with Crippen molar-refractivity contribution in [3.05, 3.63) is 11.6 Å². The summed E-state index contributed by atoms with van der Waals surface area (Å²) in [5, 5.41) is 4.61. The molecule has 0 saturated heterocycles. The van der Waals surface area contributed by atoms with Crippen LogP contribution in [0.5, 0.6) is 0 Å². The fourth-order valence-electron chi connectivity index (χ4n) is 2.51. The maximum atomic E-state index is 6.03. The van der Waals surface area contributed by atoms with Crippen molar-refractivity contribution in [3.63, 3.8) is 0 Å². The van der Waals surface area contributed by atoms with Gasteiger partial charge in [0.15, 0.2) is 5.82 Å². The van der Waals surface area contributed by atoms with E-state index >= 15 is 0 Å². The van der Waals surface area contributed by atoms with Crippen LogP contribution in [-0.4, -0.2) is 20.8 Å². The quantitative estimate of drug-likeness (QED) is 0.849. The van der Waals surface area contributed by atoms with Crippen molar-refractivity contribution in [3.8, 4) is 0 Å². The first-order valence-electron chi connectivity index (χ1n) is 6.44. The molecule has 2 atom stereocenters.